The number of aliphatic imine (C=N–C) groups is 1. The number of carboxylic acids is 1. The van der Waals surface area contributed by atoms with E-state index in [-0.39, 0.29) is 0 Å². The van der Waals surface area contributed by atoms with Gasteiger partial charge in [-0.05, 0) is 12.5 Å². The predicted molar refractivity (Wildman–Crippen MR) is 136 cm³/mol. The fourth-order valence-electron chi connectivity index (χ4n) is 3.31. The second-order valence-electron chi connectivity index (χ2n) is 8.21. The van der Waals surface area contributed by atoms with E-state index in [1.807, 2.05) is 0 Å². The molecule has 0 aliphatic carbocycles. The van der Waals surface area contributed by atoms with E-state index in [1.54, 1.807) is 54.6 Å². The second kappa shape index (κ2) is 15.3. The number of amides is 2. The van der Waals surface area contributed by atoms with Crippen molar-refractivity contribution >= 4 is 29.2 Å². The number of carbonyl (C=O) groups excluding carboxylic acids is 2. The third kappa shape index (κ3) is 11.6. The van der Waals surface area contributed by atoms with E-state index >= 15 is 0 Å². The second-order valence-corrected chi connectivity index (χ2v) is 8.21. The van der Waals surface area contributed by atoms with Crippen LogP contribution in [-0.4, -0.2) is 47.1 Å². The van der Waals surface area contributed by atoms with Gasteiger partial charge in [0.1, 0.15) is 0 Å². The minimum absolute atomic E-state index is 0.398. The molecule has 0 unspecified atom stereocenters. The molecular formula is C27H27F6N3O4. The lowest BCUT2D eigenvalue weighted by Crippen LogP contribution is -2.45. The number of nitrogens with zero attached hydrogens (tertiary/aromatic N) is 1. The van der Waals surface area contributed by atoms with Gasteiger partial charge in [0, 0.05) is 29.9 Å². The van der Waals surface area contributed by atoms with E-state index < -0.39 is 67.9 Å². The lowest BCUT2D eigenvalue weighted by Gasteiger charge is -2.19. The number of nitrogens with one attached hydrogen (secondary N) is 2. The Morgan fingerprint density at radius 2 is 1.55 bits per heavy atom. The normalized spacial score (nSPS) is 15.3. The van der Waals surface area contributed by atoms with Crippen molar-refractivity contribution in [3.8, 4) is 12.8 Å². The molecule has 13 heteroatoms. The molecule has 1 aliphatic rings. The third-order valence-electron chi connectivity index (χ3n) is 5.24. The number of carboxylic acid groups (broad SMARTS) is 1. The van der Waals surface area contributed by atoms with Gasteiger partial charge >= 0.3 is 18.3 Å². The van der Waals surface area contributed by atoms with Crippen LogP contribution in [0, 0.1) is 18.8 Å². The molecule has 1 heterocycles. The zero-order valence-electron chi connectivity index (χ0n) is 21.2. The SMILES string of the molecule is C#C.CCC(F)(F)F.O=C(O)C[C@@H](CCC(F)(F)F)C(=O)N[C@H]1N=C(c2ccccc2)c2ccccc2NC1=O. The van der Waals surface area contributed by atoms with Crippen LogP contribution in [0.3, 0.4) is 0 Å². The lowest BCUT2D eigenvalue weighted by atomic mass is 9.98. The first-order chi connectivity index (χ1) is 18.7. The van der Waals surface area contributed by atoms with Gasteiger partial charge in [-0.2, -0.15) is 26.3 Å². The van der Waals surface area contributed by atoms with Gasteiger partial charge in [-0.25, -0.2) is 4.99 Å². The molecule has 216 valence electrons. The van der Waals surface area contributed by atoms with Crippen LogP contribution in [0.5, 0.6) is 0 Å². The summed E-state index contributed by atoms with van der Waals surface area (Å²) in [6.07, 6.45) is -5.52. The maximum atomic E-state index is 12.7. The molecule has 7 nitrogen and oxygen atoms in total. The van der Waals surface area contributed by atoms with Gasteiger partial charge in [0.2, 0.25) is 12.1 Å². The number of carbonyl (C=O) groups is 3. The summed E-state index contributed by atoms with van der Waals surface area (Å²) < 4.78 is 70.2. The van der Waals surface area contributed by atoms with Crippen molar-refractivity contribution in [1.82, 2.24) is 5.32 Å². The summed E-state index contributed by atoms with van der Waals surface area (Å²) in [7, 11) is 0. The first-order valence-corrected chi connectivity index (χ1v) is 11.7. The quantitative estimate of drug-likeness (QED) is 0.299. The van der Waals surface area contributed by atoms with Crippen LogP contribution in [0.4, 0.5) is 32.0 Å². The molecule has 3 N–H and O–H groups in total. The molecule has 0 radical (unpaired) electrons. The summed E-state index contributed by atoms with van der Waals surface area (Å²) in [6, 6.07) is 15.7. The molecule has 0 spiro atoms. The molecule has 40 heavy (non-hydrogen) atoms. The molecule has 0 saturated carbocycles. The third-order valence-corrected chi connectivity index (χ3v) is 5.24. The van der Waals surface area contributed by atoms with Crippen molar-refractivity contribution in [1.29, 1.82) is 0 Å². The highest BCUT2D eigenvalue weighted by Gasteiger charge is 2.34. The summed E-state index contributed by atoms with van der Waals surface area (Å²) in [5.41, 5.74) is 2.11. The highest BCUT2D eigenvalue weighted by atomic mass is 19.4. The number of anilines is 1. The molecular weight excluding hydrogens is 544 g/mol. The molecule has 2 aromatic rings. The van der Waals surface area contributed by atoms with E-state index in [0.717, 1.165) is 6.92 Å². The highest BCUT2D eigenvalue weighted by molar-refractivity contribution is 6.19. The van der Waals surface area contributed by atoms with Crippen LogP contribution < -0.4 is 10.6 Å². The van der Waals surface area contributed by atoms with Crippen LogP contribution in [0.1, 0.15) is 43.7 Å². The van der Waals surface area contributed by atoms with Crippen LogP contribution >= 0.6 is 0 Å². The van der Waals surface area contributed by atoms with Gasteiger partial charge in [0.05, 0.1) is 17.8 Å². The summed E-state index contributed by atoms with van der Waals surface area (Å²) in [5, 5.41) is 14.0. The van der Waals surface area contributed by atoms with Gasteiger partial charge in [-0.15, -0.1) is 12.8 Å². The summed E-state index contributed by atoms with van der Waals surface area (Å²) in [6.45, 7) is 1.08. The number of para-hydroxylation sites is 1. The Hall–Kier alpha value is -4.34. The van der Waals surface area contributed by atoms with Crippen molar-refractivity contribution in [2.45, 2.75) is 51.1 Å². The van der Waals surface area contributed by atoms with E-state index in [4.69, 9.17) is 5.11 Å². The Labute approximate surface area is 226 Å². The number of hydrogen-bond donors (Lipinski definition) is 3. The van der Waals surface area contributed by atoms with E-state index in [2.05, 4.69) is 28.5 Å². The van der Waals surface area contributed by atoms with Crippen LogP contribution in [0.2, 0.25) is 0 Å². The highest BCUT2D eigenvalue weighted by Crippen LogP contribution is 2.27. The number of benzene rings is 2. The molecule has 0 bridgehead atoms. The number of benzodiazepines with no additional fused rings is 1. The van der Waals surface area contributed by atoms with E-state index in [0.29, 0.717) is 22.5 Å². The Morgan fingerprint density at radius 3 is 2.08 bits per heavy atom. The van der Waals surface area contributed by atoms with Crippen LogP contribution in [0.25, 0.3) is 0 Å². The van der Waals surface area contributed by atoms with Crippen LogP contribution in [0.15, 0.2) is 59.6 Å². The van der Waals surface area contributed by atoms with Crippen molar-refractivity contribution < 1.29 is 45.8 Å². The molecule has 2 aromatic carbocycles. The fraction of sp³-hybridized carbons (Fsp3) is 0.333. The topological polar surface area (TPSA) is 108 Å². The average Bonchev–Trinajstić information content (AvgIpc) is 3.03. The number of fused-ring (bicyclic) bond motifs is 1. The molecule has 2 atom stereocenters. The van der Waals surface area contributed by atoms with E-state index in [1.165, 1.54) is 0 Å². The molecule has 0 fully saturated rings. The van der Waals surface area contributed by atoms with Gasteiger partial charge in [-0.3, -0.25) is 14.4 Å². The minimum Gasteiger partial charge on any atom is -0.481 e. The Morgan fingerprint density at radius 1 is 1.00 bits per heavy atom. The van der Waals surface area contributed by atoms with Crippen molar-refractivity contribution in [3.05, 3.63) is 65.7 Å². The Balaban J connectivity index is 0.000000885. The molecule has 2 amide bonds. The summed E-state index contributed by atoms with van der Waals surface area (Å²) >= 11 is 0. The number of terminal acetylenes is 1. The first kappa shape index (κ1) is 33.7. The first-order valence-electron chi connectivity index (χ1n) is 11.7. The maximum Gasteiger partial charge on any atom is 0.389 e. The lowest BCUT2D eigenvalue weighted by molar-refractivity contribution is -0.148. The smallest absolute Gasteiger partial charge is 0.389 e. The van der Waals surface area contributed by atoms with Gasteiger partial charge in [0.25, 0.3) is 5.91 Å². The predicted octanol–water partition coefficient (Wildman–Crippen LogP) is 5.56. The minimum atomic E-state index is -4.54. The Kier molecular flexibility index (Phi) is 12.9. The number of halogens is 6. The maximum absolute atomic E-state index is 12.7. The zero-order valence-corrected chi connectivity index (χ0v) is 21.2. The molecule has 0 saturated heterocycles. The van der Waals surface area contributed by atoms with Gasteiger partial charge in [0.15, 0.2) is 0 Å². The van der Waals surface area contributed by atoms with Crippen LogP contribution in [-0.2, 0) is 14.4 Å². The number of aliphatic carboxylic acids is 1. The molecule has 1 aliphatic heterocycles. The number of hydrogen-bond acceptors (Lipinski definition) is 4. The van der Waals surface area contributed by atoms with Crippen molar-refractivity contribution in [2.75, 3.05) is 5.32 Å². The number of rotatable bonds is 7. The van der Waals surface area contributed by atoms with Crippen molar-refractivity contribution in [2.24, 2.45) is 10.9 Å². The molecule has 3 rings (SSSR count). The Bertz CT molecular complexity index is 1190. The standard InChI is InChI=1S/C22H20F3N3O4.C3H5F3.C2H2/c23-22(24,25)11-10-14(12-17(29)30)20(31)28-19-21(32)26-16-9-5-4-8-15(16)18(27-19)13-6-2-1-3-7-13;1-2-3(4,5)6;1-2/h1-9,14,19H,10-12H2,(H,26,32)(H,28,31)(H,29,30);2H2,1H3;1-2H/t14-,19-;;/m1../s1. The van der Waals surface area contributed by atoms with E-state index in [9.17, 15) is 40.7 Å². The summed E-state index contributed by atoms with van der Waals surface area (Å²) in [4.78, 5) is 40.8. The van der Waals surface area contributed by atoms with Crippen molar-refractivity contribution in [3.63, 3.8) is 0 Å². The summed E-state index contributed by atoms with van der Waals surface area (Å²) in [5.74, 6) is -4.57. The largest absolute Gasteiger partial charge is 0.481 e. The number of alkyl halides is 6. The fourth-order valence-corrected chi connectivity index (χ4v) is 3.31. The van der Waals surface area contributed by atoms with Gasteiger partial charge in [-0.1, -0.05) is 55.5 Å². The monoisotopic (exact) mass is 571 g/mol. The zero-order chi connectivity index (χ0) is 30.5. The van der Waals surface area contributed by atoms with Gasteiger partial charge < -0.3 is 15.7 Å². The molecule has 0 aromatic heterocycles. The average molecular weight is 572 g/mol.